The average molecular weight is 410 g/mol. The predicted octanol–water partition coefficient (Wildman–Crippen LogP) is 3.62. The van der Waals surface area contributed by atoms with E-state index in [1.54, 1.807) is 30.1 Å². The molecule has 2 aromatic rings. The van der Waals surface area contributed by atoms with Gasteiger partial charge in [-0.1, -0.05) is 15.9 Å². The highest BCUT2D eigenvalue weighted by atomic mass is 79.9. The van der Waals surface area contributed by atoms with E-state index in [4.69, 9.17) is 0 Å². The fourth-order valence-electron chi connectivity index (χ4n) is 2.18. The minimum absolute atomic E-state index is 0.0548. The Labute approximate surface area is 154 Å². The van der Waals surface area contributed by atoms with Crippen LogP contribution in [0.2, 0.25) is 0 Å². The third kappa shape index (κ3) is 5.51. The Hall–Kier alpha value is -1.57. The lowest BCUT2D eigenvalue weighted by Crippen LogP contribution is -2.26. The number of halogens is 1. The van der Waals surface area contributed by atoms with Crippen LogP contribution in [0.3, 0.4) is 0 Å². The summed E-state index contributed by atoms with van der Waals surface area (Å²) in [4.78, 5) is 16.8. The highest BCUT2D eigenvalue weighted by Crippen LogP contribution is 2.19. The first kappa shape index (κ1) is 18.8. The van der Waals surface area contributed by atoms with Gasteiger partial charge in [-0.05, 0) is 49.1 Å². The molecular weight excluding hydrogens is 390 g/mol. The summed E-state index contributed by atoms with van der Waals surface area (Å²) in [5.41, 5.74) is 1.19. The third-order valence-electron chi connectivity index (χ3n) is 3.34. The predicted molar refractivity (Wildman–Crippen MR) is 104 cm³/mol. The smallest absolute Gasteiger partial charge is 0.259 e. The zero-order valence-corrected chi connectivity index (χ0v) is 15.7. The number of pyridine rings is 1. The van der Waals surface area contributed by atoms with Crippen molar-refractivity contribution in [1.82, 2.24) is 4.98 Å². The highest BCUT2D eigenvalue weighted by molar-refractivity contribution is 9.10. The molecule has 1 heterocycles. The number of nitrogens with one attached hydrogen (secondary N) is 2. The summed E-state index contributed by atoms with van der Waals surface area (Å²) < 4.78 is 0.952. The molecule has 1 unspecified atom stereocenters. The van der Waals surface area contributed by atoms with Crippen molar-refractivity contribution in [2.45, 2.75) is 12.5 Å². The molecule has 0 bridgehead atoms. The SMILES string of the molecule is CSCC(CCO)Nc1ncccc1C(=O)Nc1ccc(Br)cc1. The van der Waals surface area contributed by atoms with E-state index in [1.807, 2.05) is 30.5 Å². The number of nitrogens with zero attached hydrogens (tertiary/aromatic N) is 1. The number of rotatable bonds is 8. The van der Waals surface area contributed by atoms with Gasteiger partial charge in [0.25, 0.3) is 5.91 Å². The van der Waals surface area contributed by atoms with Gasteiger partial charge < -0.3 is 15.7 Å². The van der Waals surface area contributed by atoms with Gasteiger partial charge >= 0.3 is 0 Å². The van der Waals surface area contributed by atoms with Crippen LogP contribution in [-0.2, 0) is 0 Å². The molecule has 0 radical (unpaired) electrons. The normalized spacial score (nSPS) is 11.8. The molecule has 1 aromatic carbocycles. The minimum Gasteiger partial charge on any atom is -0.396 e. The lowest BCUT2D eigenvalue weighted by atomic mass is 10.2. The Kier molecular flexibility index (Phi) is 7.55. The maximum absolute atomic E-state index is 12.6. The van der Waals surface area contributed by atoms with E-state index in [0.717, 1.165) is 10.2 Å². The molecule has 24 heavy (non-hydrogen) atoms. The van der Waals surface area contributed by atoms with E-state index < -0.39 is 0 Å². The monoisotopic (exact) mass is 409 g/mol. The molecule has 1 amide bonds. The van der Waals surface area contributed by atoms with Crippen LogP contribution in [0.15, 0.2) is 47.1 Å². The third-order valence-corrected chi connectivity index (χ3v) is 4.61. The molecule has 0 saturated heterocycles. The van der Waals surface area contributed by atoms with Crippen molar-refractivity contribution in [3.05, 3.63) is 52.6 Å². The number of carbonyl (C=O) groups is 1. The number of aliphatic hydroxyl groups excluding tert-OH is 1. The maximum atomic E-state index is 12.6. The van der Waals surface area contributed by atoms with Crippen LogP contribution >= 0.6 is 27.7 Å². The molecule has 0 fully saturated rings. The molecule has 1 aromatic heterocycles. The molecule has 128 valence electrons. The van der Waals surface area contributed by atoms with Gasteiger partial charge in [0.2, 0.25) is 0 Å². The molecule has 0 aliphatic carbocycles. The summed E-state index contributed by atoms with van der Waals surface area (Å²) in [5, 5.41) is 15.3. The first-order chi connectivity index (χ1) is 11.6. The number of benzene rings is 1. The topological polar surface area (TPSA) is 74.2 Å². The number of amides is 1. The van der Waals surface area contributed by atoms with Gasteiger partial charge in [0.05, 0.1) is 5.56 Å². The largest absolute Gasteiger partial charge is 0.396 e. The Balaban J connectivity index is 2.14. The number of aromatic nitrogens is 1. The summed E-state index contributed by atoms with van der Waals surface area (Å²) in [6.07, 6.45) is 4.25. The van der Waals surface area contributed by atoms with Gasteiger partial charge in [-0.3, -0.25) is 4.79 Å². The molecular formula is C17H20BrN3O2S. The Morgan fingerprint density at radius 1 is 1.33 bits per heavy atom. The van der Waals surface area contributed by atoms with Crippen molar-refractivity contribution < 1.29 is 9.90 Å². The van der Waals surface area contributed by atoms with Crippen molar-refractivity contribution >= 4 is 45.1 Å². The van der Waals surface area contributed by atoms with E-state index in [9.17, 15) is 9.90 Å². The van der Waals surface area contributed by atoms with Gasteiger partial charge in [0, 0.05) is 34.8 Å². The average Bonchev–Trinajstić information content (AvgIpc) is 2.58. The molecule has 0 spiro atoms. The molecule has 0 aliphatic rings. The fourth-order valence-corrected chi connectivity index (χ4v) is 3.10. The summed E-state index contributed by atoms with van der Waals surface area (Å²) in [7, 11) is 0. The summed E-state index contributed by atoms with van der Waals surface area (Å²) >= 11 is 5.05. The number of aliphatic hydroxyl groups is 1. The first-order valence-electron chi connectivity index (χ1n) is 7.52. The van der Waals surface area contributed by atoms with Crippen molar-refractivity contribution in [2.24, 2.45) is 0 Å². The molecule has 1 atom stereocenters. The molecule has 5 nitrogen and oxygen atoms in total. The van der Waals surface area contributed by atoms with Gasteiger partial charge in [-0.25, -0.2) is 4.98 Å². The quantitative estimate of drug-likeness (QED) is 0.620. The lowest BCUT2D eigenvalue weighted by molar-refractivity contribution is 0.102. The van der Waals surface area contributed by atoms with E-state index >= 15 is 0 Å². The molecule has 7 heteroatoms. The van der Waals surface area contributed by atoms with Crippen LogP contribution in [0.5, 0.6) is 0 Å². The standard InChI is InChI=1S/C17H20BrN3O2S/c1-24-11-14(8-10-22)20-16-15(3-2-9-19-16)17(23)21-13-6-4-12(18)5-7-13/h2-7,9,14,22H,8,10-11H2,1H3,(H,19,20)(H,21,23). The Morgan fingerprint density at radius 3 is 2.75 bits per heavy atom. The Morgan fingerprint density at radius 2 is 2.08 bits per heavy atom. The van der Waals surface area contributed by atoms with Crippen molar-refractivity contribution in [2.75, 3.05) is 29.2 Å². The summed E-state index contributed by atoms with van der Waals surface area (Å²) in [6.45, 7) is 0.0888. The number of anilines is 2. The zero-order chi connectivity index (χ0) is 17.4. The van der Waals surface area contributed by atoms with Crippen LogP contribution in [0, 0.1) is 0 Å². The molecule has 0 aliphatic heterocycles. The number of hydrogen-bond donors (Lipinski definition) is 3. The van der Waals surface area contributed by atoms with Crippen molar-refractivity contribution in [1.29, 1.82) is 0 Å². The van der Waals surface area contributed by atoms with Crippen molar-refractivity contribution in [3.8, 4) is 0 Å². The van der Waals surface area contributed by atoms with E-state index in [2.05, 4.69) is 31.5 Å². The van der Waals surface area contributed by atoms with E-state index in [-0.39, 0.29) is 18.6 Å². The van der Waals surface area contributed by atoms with Crippen LogP contribution in [0.4, 0.5) is 11.5 Å². The van der Waals surface area contributed by atoms with Gasteiger partial charge in [0.15, 0.2) is 0 Å². The highest BCUT2D eigenvalue weighted by Gasteiger charge is 2.16. The second-order valence-corrected chi connectivity index (χ2v) is 7.00. The molecule has 2 rings (SSSR count). The number of carbonyl (C=O) groups excluding carboxylic acids is 1. The second kappa shape index (κ2) is 9.66. The van der Waals surface area contributed by atoms with Crippen LogP contribution in [-0.4, -0.2) is 40.7 Å². The summed E-state index contributed by atoms with van der Waals surface area (Å²) in [6, 6.07) is 10.9. The van der Waals surface area contributed by atoms with Crippen molar-refractivity contribution in [3.63, 3.8) is 0 Å². The van der Waals surface area contributed by atoms with Gasteiger partial charge in [-0.2, -0.15) is 11.8 Å². The van der Waals surface area contributed by atoms with E-state index in [1.165, 1.54) is 0 Å². The number of thioether (sulfide) groups is 1. The van der Waals surface area contributed by atoms with Crippen LogP contribution in [0.1, 0.15) is 16.8 Å². The summed E-state index contributed by atoms with van der Waals surface area (Å²) in [5.74, 6) is 1.13. The van der Waals surface area contributed by atoms with Gasteiger partial charge in [0.1, 0.15) is 5.82 Å². The van der Waals surface area contributed by atoms with E-state index in [0.29, 0.717) is 23.5 Å². The minimum atomic E-state index is -0.222. The first-order valence-corrected chi connectivity index (χ1v) is 9.71. The fraction of sp³-hybridized carbons (Fsp3) is 0.294. The lowest BCUT2D eigenvalue weighted by Gasteiger charge is -2.19. The Bertz CT molecular complexity index is 661. The van der Waals surface area contributed by atoms with Crippen LogP contribution in [0.25, 0.3) is 0 Å². The molecule has 0 saturated carbocycles. The molecule has 3 N–H and O–H groups in total. The van der Waals surface area contributed by atoms with Crippen LogP contribution < -0.4 is 10.6 Å². The van der Waals surface area contributed by atoms with Gasteiger partial charge in [-0.15, -0.1) is 0 Å². The zero-order valence-electron chi connectivity index (χ0n) is 13.3. The second-order valence-electron chi connectivity index (χ2n) is 5.17. The maximum Gasteiger partial charge on any atom is 0.259 e. The number of hydrogen-bond acceptors (Lipinski definition) is 5.